The molecule has 2 aliphatic heterocycles. The summed E-state index contributed by atoms with van der Waals surface area (Å²) in [5.74, 6) is 0.782. The highest BCUT2D eigenvalue weighted by Crippen LogP contribution is 2.37. The van der Waals surface area contributed by atoms with Crippen molar-refractivity contribution < 1.29 is 14.6 Å². The van der Waals surface area contributed by atoms with E-state index in [-0.39, 0.29) is 17.6 Å². The zero-order chi connectivity index (χ0) is 17.2. The number of ether oxygens (including phenoxy) is 1. The van der Waals surface area contributed by atoms with E-state index in [0.29, 0.717) is 25.4 Å². The van der Waals surface area contributed by atoms with Crippen LogP contribution in [0.3, 0.4) is 0 Å². The summed E-state index contributed by atoms with van der Waals surface area (Å²) in [6.07, 6.45) is 4.35. The quantitative estimate of drug-likeness (QED) is 0.872. The summed E-state index contributed by atoms with van der Waals surface area (Å²) < 4.78 is 5.74. The van der Waals surface area contributed by atoms with Crippen LogP contribution in [0.25, 0.3) is 11.1 Å². The Labute approximate surface area is 146 Å². The number of aromatic nitrogens is 1. The van der Waals surface area contributed by atoms with Gasteiger partial charge in [0.15, 0.2) is 11.5 Å². The minimum Gasteiger partial charge on any atom is -0.504 e. The lowest BCUT2D eigenvalue weighted by Crippen LogP contribution is -2.37. The zero-order valence-corrected chi connectivity index (χ0v) is 13.9. The molecular weight excluding hydrogens is 318 g/mol. The molecule has 2 aromatic rings. The largest absolute Gasteiger partial charge is 0.504 e. The minimum absolute atomic E-state index is 0.0386. The molecule has 6 nitrogen and oxygen atoms in total. The van der Waals surface area contributed by atoms with Gasteiger partial charge in [-0.15, -0.1) is 0 Å². The van der Waals surface area contributed by atoms with Crippen LogP contribution in [-0.2, 0) is 11.3 Å². The number of benzene rings is 1. The maximum Gasteiger partial charge on any atom is 0.227 e. The highest BCUT2D eigenvalue weighted by Gasteiger charge is 2.29. The van der Waals surface area contributed by atoms with Crippen LogP contribution in [0.5, 0.6) is 11.5 Å². The van der Waals surface area contributed by atoms with Crippen LogP contribution in [0.15, 0.2) is 36.7 Å². The van der Waals surface area contributed by atoms with Crippen molar-refractivity contribution in [3.05, 3.63) is 42.2 Å². The van der Waals surface area contributed by atoms with Gasteiger partial charge in [-0.3, -0.25) is 9.78 Å². The first kappa shape index (κ1) is 15.9. The highest BCUT2D eigenvalue weighted by molar-refractivity contribution is 5.80. The van der Waals surface area contributed by atoms with E-state index in [4.69, 9.17) is 4.74 Å². The topological polar surface area (TPSA) is 74.7 Å². The number of hydrogen-bond donors (Lipinski definition) is 2. The van der Waals surface area contributed by atoms with Gasteiger partial charge in [0.2, 0.25) is 5.91 Å². The van der Waals surface area contributed by atoms with E-state index in [1.807, 2.05) is 23.1 Å². The highest BCUT2D eigenvalue weighted by atomic mass is 16.5. The van der Waals surface area contributed by atoms with Crippen molar-refractivity contribution in [1.29, 1.82) is 0 Å². The number of aromatic hydroxyl groups is 1. The third-order valence-electron chi connectivity index (χ3n) is 4.83. The average Bonchev–Trinajstić information content (AvgIpc) is 3.08. The fraction of sp³-hybridized carbons (Fsp3) is 0.368. The molecule has 25 heavy (non-hydrogen) atoms. The number of hydrogen-bond acceptors (Lipinski definition) is 5. The van der Waals surface area contributed by atoms with E-state index in [9.17, 15) is 9.90 Å². The standard InChI is InChI=1S/C19H21N3O3/c23-17-9-15(13-2-1-4-20-10-13)8-16-12-22(6-7-25-18(16)17)19(24)14-3-5-21-11-14/h1-2,4,8-10,14,21,23H,3,5-7,11-12H2/t14-/m0/s1. The van der Waals surface area contributed by atoms with E-state index in [1.54, 1.807) is 18.5 Å². The summed E-state index contributed by atoms with van der Waals surface area (Å²) in [6, 6.07) is 7.47. The molecule has 1 aromatic heterocycles. The van der Waals surface area contributed by atoms with Crippen LogP contribution < -0.4 is 10.1 Å². The molecule has 1 saturated heterocycles. The first-order chi connectivity index (χ1) is 12.2. The lowest BCUT2D eigenvalue weighted by molar-refractivity contribution is -0.135. The molecule has 2 aliphatic rings. The molecule has 1 amide bonds. The van der Waals surface area contributed by atoms with Crippen LogP contribution in [0.4, 0.5) is 0 Å². The van der Waals surface area contributed by atoms with Gasteiger partial charge >= 0.3 is 0 Å². The molecular formula is C19H21N3O3. The molecule has 130 valence electrons. The van der Waals surface area contributed by atoms with Gasteiger partial charge in [0.25, 0.3) is 0 Å². The summed E-state index contributed by atoms with van der Waals surface area (Å²) in [5, 5.41) is 13.6. The smallest absolute Gasteiger partial charge is 0.227 e. The number of carbonyl (C=O) groups is 1. The molecule has 3 heterocycles. The van der Waals surface area contributed by atoms with E-state index in [2.05, 4.69) is 10.3 Å². The Morgan fingerprint density at radius 2 is 2.28 bits per heavy atom. The second-order valence-electron chi connectivity index (χ2n) is 6.52. The maximum atomic E-state index is 12.8. The third kappa shape index (κ3) is 3.17. The molecule has 6 heteroatoms. The van der Waals surface area contributed by atoms with Gasteiger partial charge in [0.05, 0.1) is 12.5 Å². The fourth-order valence-corrected chi connectivity index (χ4v) is 3.51. The molecule has 0 unspecified atom stereocenters. The van der Waals surface area contributed by atoms with Gasteiger partial charge in [-0.25, -0.2) is 0 Å². The predicted molar refractivity (Wildman–Crippen MR) is 93.2 cm³/mol. The van der Waals surface area contributed by atoms with Gasteiger partial charge < -0.3 is 20.1 Å². The van der Waals surface area contributed by atoms with Gasteiger partial charge in [-0.1, -0.05) is 6.07 Å². The molecule has 0 bridgehead atoms. The summed E-state index contributed by atoms with van der Waals surface area (Å²) in [4.78, 5) is 18.7. The lowest BCUT2D eigenvalue weighted by atomic mass is 10.0. The number of pyridine rings is 1. The van der Waals surface area contributed by atoms with Crippen LogP contribution in [0.2, 0.25) is 0 Å². The van der Waals surface area contributed by atoms with Gasteiger partial charge in [-0.05, 0) is 36.7 Å². The molecule has 0 spiro atoms. The zero-order valence-electron chi connectivity index (χ0n) is 13.9. The molecule has 1 atom stereocenters. The molecule has 4 rings (SSSR count). The van der Waals surface area contributed by atoms with E-state index < -0.39 is 0 Å². The van der Waals surface area contributed by atoms with Crippen molar-refractivity contribution >= 4 is 5.91 Å². The van der Waals surface area contributed by atoms with Crippen molar-refractivity contribution in [1.82, 2.24) is 15.2 Å². The first-order valence-electron chi connectivity index (χ1n) is 8.61. The van der Waals surface area contributed by atoms with Gasteiger partial charge in [0, 0.05) is 36.6 Å². The van der Waals surface area contributed by atoms with E-state index in [1.165, 1.54) is 0 Å². The third-order valence-corrected chi connectivity index (χ3v) is 4.83. The molecule has 2 N–H and O–H groups in total. The second kappa shape index (κ2) is 6.72. The Morgan fingerprint density at radius 1 is 1.36 bits per heavy atom. The number of nitrogens with one attached hydrogen (secondary N) is 1. The fourth-order valence-electron chi connectivity index (χ4n) is 3.51. The summed E-state index contributed by atoms with van der Waals surface area (Å²) in [6.45, 7) is 3.00. The van der Waals surface area contributed by atoms with Crippen LogP contribution in [-0.4, -0.2) is 47.1 Å². The van der Waals surface area contributed by atoms with E-state index in [0.717, 1.165) is 36.2 Å². The van der Waals surface area contributed by atoms with E-state index >= 15 is 0 Å². The van der Waals surface area contributed by atoms with Crippen molar-refractivity contribution in [2.45, 2.75) is 13.0 Å². The number of phenols is 1. The number of carbonyl (C=O) groups excluding carboxylic acids is 1. The monoisotopic (exact) mass is 339 g/mol. The minimum atomic E-state index is 0.0386. The predicted octanol–water partition coefficient (Wildman–Crippen LogP) is 1.78. The Kier molecular flexibility index (Phi) is 4.28. The first-order valence-corrected chi connectivity index (χ1v) is 8.61. The number of phenolic OH excluding ortho intramolecular Hbond substituents is 1. The number of nitrogens with zero attached hydrogens (tertiary/aromatic N) is 2. The van der Waals surface area contributed by atoms with Crippen LogP contribution in [0, 0.1) is 5.92 Å². The Bertz CT molecular complexity index is 773. The Hall–Kier alpha value is -2.60. The van der Waals surface area contributed by atoms with Gasteiger partial charge in [0.1, 0.15) is 6.61 Å². The van der Waals surface area contributed by atoms with Crippen molar-refractivity contribution in [3.8, 4) is 22.6 Å². The maximum absolute atomic E-state index is 12.8. The molecule has 0 aliphatic carbocycles. The summed E-state index contributed by atoms with van der Waals surface area (Å²) in [5.41, 5.74) is 2.61. The Balaban J connectivity index is 1.65. The number of amides is 1. The molecule has 0 saturated carbocycles. The van der Waals surface area contributed by atoms with Crippen molar-refractivity contribution in [2.24, 2.45) is 5.92 Å². The normalized spacial score (nSPS) is 19.8. The number of rotatable bonds is 2. The summed E-state index contributed by atoms with van der Waals surface area (Å²) in [7, 11) is 0. The van der Waals surface area contributed by atoms with Crippen LogP contribution >= 0.6 is 0 Å². The van der Waals surface area contributed by atoms with Crippen molar-refractivity contribution in [3.63, 3.8) is 0 Å². The SMILES string of the molecule is O=C([C@H]1CCNC1)N1CCOc2c(O)cc(-c3cccnc3)cc2C1. The van der Waals surface area contributed by atoms with Gasteiger partial charge in [-0.2, -0.15) is 0 Å². The molecule has 1 aromatic carbocycles. The Morgan fingerprint density at radius 3 is 3.04 bits per heavy atom. The lowest BCUT2D eigenvalue weighted by Gasteiger charge is -2.23. The molecule has 1 fully saturated rings. The molecule has 0 radical (unpaired) electrons. The number of fused-ring (bicyclic) bond motifs is 1. The van der Waals surface area contributed by atoms with Crippen LogP contribution in [0.1, 0.15) is 12.0 Å². The summed E-state index contributed by atoms with van der Waals surface area (Å²) >= 11 is 0. The average molecular weight is 339 g/mol. The second-order valence-corrected chi connectivity index (χ2v) is 6.52. The van der Waals surface area contributed by atoms with Crippen molar-refractivity contribution in [2.75, 3.05) is 26.2 Å².